The van der Waals surface area contributed by atoms with Crippen molar-refractivity contribution in [1.82, 2.24) is 0 Å². The maximum atomic E-state index is 11.5. The monoisotopic (exact) mass is 197 g/mol. The minimum atomic E-state index is -1.30. The van der Waals surface area contributed by atoms with Crippen LogP contribution >= 0.6 is 0 Å². The second kappa shape index (κ2) is 4.18. The summed E-state index contributed by atoms with van der Waals surface area (Å²) in [6.07, 6.45) is 0. The molecule has 0 spiro atoms. The predicted molar refractivity (Wildman–Crippen MR) is 51.6 cm³/mol. The zero-order chi connectivity index (χ0) is 9.84. The van der Waals surface area contributed by atoms with Crippen LogP contribution in [0.25, 0.3) is 0 Å². The van der Waals surface area contributed by atoms with Gasteiger partial charge in [-0.1, -0.05) is 18.2 Å². The molecule has 0 aliphatic heterocycles. The van der Waals surface area contributed by atoms with Crippen molar-refractivity contribution in [2.24, 2.45) is 5.73 Å². The number of rotatable bonds is 3. The molecule has 0 bridgehead atoms. The molecular weight excluding hydrogens is 186 g/mol. The van der Waals surface area contributed by atoms with Gasteiger partial charge in [-0.25, -0.2) is 0 Å². The largest absolute Gasteiger partial charge is 0.369 e. The minimum Gasteiger partial charge on any atom is -0.369 e. The Morgan fingerprint density at radius 1 is 1.46 bits per heavy atom. The summed E-state index contributed by atoms with van der Waals surface area (Å²) in [5, 5.41) is 0. The average molecular weight is 197 g/mol. The normalized spacial score (nSPS) is 12.4. The highest BCUT2D eigenvalue weighted by Crippen LogP contribution is 2.11. The van der Waals surface area contributed by atoms with Gasteiger partial charge in [-0.3, -0.25) is 9.00 Å². The number of aryl methyl sites for hydroxylation is 1. The van der Waals surface area contributed by atoms with Gasteiger partial charge in [-0.05, 0) is 18.6 Å². The van der Waals surface area contributed by atoms with Crippen molar-refractivity contribution in [1.29, 1.82) is 0 Å². The number of nitrogens with two attached hydrogens (primary N) is 1. The molecule has 3 nitrogen and oxygen atoms in total. The van der Waals surface area contributed by atoms with Crippen LogP contribution in [0, 0.1) is 6.92 Å². The Labute approximate surface area is 79.4 Å². The van der Waals surface area contributed by atoms with E-state index in [9.17, 15) is 9.00 Å². The van der Waals surface area contributed by atoms with Crippen LogP contribution in [0.2, 0.25) is 0 Å². The van der Waals surface area contributed by atoms with E-state index in [1.165, 1.54) is 0 Å². The summed E-state index contributed by atoms with van der Waals surface area (Å²) in [6.45, 7) is 1.86. The molecule has 0 fully saturated rings. The molecule has 0 saturated heterocycles. The van der Waals surface area contributed by atoms with E-state index in [0.717, 1.165) is 5.56 Å². The van der Waals surface area contributed by atoms with Gasteiger partial charge < -0.3 is 5.73 Å². The smallest absolute Gasteiger partial charge is 0.230 e. The van der Waals surface area contributed by atoms with Gasteiger partial charge >= 0.3 is 0 Å². The lowest BCUT2D eigenvalue weighted by atomic mass is 10.2. The number of carbonyl (C=O) groups is 1. The Bertz CT molecular complexity index is 349. The molecule has 1 aromatic rings. The van der Waals surface area contributed by atoms with Crippen LogP contribution in [0.5, 0.6) is 0 Å². The Balaban J connectivity index is 2.89. The molecule has 1 unspecified atom stereocenters. The lowest BCUT2D eigenvalue weighted by molar-refractivity contribution is -0.115. The van der Waals surface area contributed by atoms with Crippen LogP contribution in [0.1, 0.15) is 5.56 Å². The van der Waals surface area contributed by atoms with E-state index in [2.05, 4.69) is 0 Å². The van der Waals surface area contributed by atoms with E-state index in [4.69, 9.17) is 5.73 Å². The molecule has 0 heterocycles. The molecule has 1 amide bonds. The zero-order valence-corrected chi connectivity index (χ0v) is 8.14. The second-order valence-electron chi connectivity index (χ2n) is 2.72. The first kappa shape index (κ1) is 9.92. The molecule has 13 heavy (non-hydrogen) atoms. The first-order valence-electron chi connectivity index (χ1n) is 3.83. The van der Waals surface area contributed by atoms with E-state index >= 15 is 0 Å². The molecule has 4 heteroatoms. The predicted octanol–water partition coefficient (Wildman–Crippen LogP) is 0.588. The van der Waals surface area contributed by atoms with Crippen LogP contribution in [-0.4, -0.2) is 15.9 Å². The first-order chi connectivity index (χ1) is 6.11. The highest BCUT2D eigenvalue weighted by molar-refractivity contribution is 7.85. The first-order valence-corrected chi connectivity index (χ1v) is 5.15. The van der Waals surface area contributed by atoms with Gasteiger partial charge in [0.15, 0.2) is 0 Å². The van der Waals surface area contributed by atoms with Crippen molar-refractivity contribution in [2.45, 2.75) is 11.8 Å². The molecule has 2 N–H and O–H groups in total. The van der Waals surface area contributed by atoms with Gasteiger partial charge in [0, 0.05) is 4.90 Å². The van der Waals surface area contributed by atoms with Crippen molar-refractivity contribution in [3.8, 4) is 0 Å². The summed E-state index contributed by atoms with van der Waals surface area (Å²) in [6, 6.07) is 7.25. The molecule has 1 rings (SSSR count). The third-order valence-electron chi connectivity index (χ3n) is 1.61. The van der Waals surface area contributed by atoms with Gasteiger partial charge in [0.05, 0.1) is 10.8 Å². The quantitative estimate of drug-likeness (QED) is 0.770. The number of carbonyl (C=O) groups excluding carboxylic acids is 1. The number of hydrogen-bond donors (Lipinski definition) is 1. The zero-order valence-electron chi connectivity index (χ0n) is 7.32. The summed E-state index contributed by atoms with van der Waals surface area (Å²) in [5.74, 6) is -0.646. The molecule has 1 aromatic carbocycles. The molecule has 0 aromatic heterocycles. The summed E-state index contributed by atoms with van der Waals surface area (Å²) in [7, 11) is -1.30. The molecule has 1 atom stereocenters. The van der Waals surface area contributed by atoms with Gasteiger partial charge in [0.25, 0.3) is 0 Å². The van der Waals surface area contributed by atoms with Crippen LogP contribution < -0.4 is 5.73 Å². The van der Waals surface area contributed by atoms with Gasteiger partial charge in [-0.15, -0.1) is 0 Å². The number of hydrogen-bond acceptors (Lipinski definition) is 2. The van der Waals surface area contributed by atoms with Crippen molar-refractivity contribution >= 4 is 16.7 Å². The maximum absolute atomic E-state index is 11.5. The number of primary amides is 1. The van der Waals surface area contributed by atoms with Gasteiger partial charge in [-0.2, -0.15) is 0 Å². The number of benzene rings is 1. The summed E-state index contributed by atoms with van der Waals surface area (Å²) in [4.78, 5) is 11.2. The summed E-state index contributed by atoms with van der Waals surface area (Å²) in [5.41, 5.74) is 5.87. The average Bonchev–Trinajstić information content (AvgIpc) is 2.03. The standard InChI is InChI=1S/C9H11NO2S/c1-7-4-2-3-5-8(7)13(12)6-9(10)11/h2-5H,6H2,1H3,(H2,10,11). The third-order valence-corrected chi connectivity index (χ3v) is 3.11. The Hall–Kier alpha value is -1.16. The second-order valence-corrected chi connectivity index (χ2v) is 4.14. The van der Waals surface area contributed by atoms with Gasteiger partial charge in [0.1, 0.15) is 5.75 Å². The molecule has 0 aliphatic rings. The van der Waals surface area contributed by atoms with E-state index < -0.39 is 16.7 Å². The fourth-order valence-corrected chi connectivity index (χ4v) is 2.09. The molecule has 0 radical (unpaired) electrons. The third kappa shape index (κ3) is 2.66. The van der Waals surface area contributed by atoms with Crippen molar-refractivity contribution in [3.05, 3.63) is 29.8 Å². The lowest BCUT2D eigenvalue weighted by Gasteiger charge is -2.02. The molecule has 0 saturated carbocycles. The summed E-state index contributed by atoms with van der Waals surface area (Å²) < 4.78 is 11.5. The topological polar surface area (TPSA) is 60.2 Å². The van der Waals surface area contributed by atoms with E-state index in [1.54, 1.807) is 12.1 Å². The molecular formula is C9H11NO2S. The van der Waals surface area contributed by atoms with Crippen LogP contribution in [0.3, 0.4) is 0 Å². The van der Waals surface area contributed by atoms with Crippen LogP contribution in [0.15, 0.2) is 29.2 Å². The van der Waals surface area contributed by atoms with Crippen LogP contribution in [-0.2, 0) is 15.6 Å². The maximum Gasteiger partial charge on any atom is 0.230 e. The van der Waals surface area contributed by atoms with E-state index in [-0.39, 0.29) is 5.75 Å². The van der Waals surface area contributed by atoms with Crippen LogP contribution in [0.4, 0.5) is 0 Å². The Morgan fingerprint density at radius 3 is 2.62 bits per heavy atom. The molecule has 0 aliphatic carbocycles. The van der Waals surface area contributed by atoms with E-state index in [1.807, 2.05) is 19.1 Å². The Morgan fingerprint density at radius 2 is 2.08 bits per heavy atom. The highest BCUT2D eigenvalue weighted by Gasteiger charge is 2.08. The van der Waals surface area contributed by atoms with E-state index in [0.29, 0.717) is 4.90 Å². The van der Waals surface area contributed by atoms with Gasteiger partial charge in [0.2, 0.25) is 5.91 Å². The highest BCUT2D eigenvalue weighted by atomic mass is 32.2. The lowest BCUT2D eigenvalue weighted by Crippen LogP contribution is -2.19. The number of amides is 1. The summed E-state index contributed by atoms with van der Waals surface area (Å²) >= 11 is 0. The van der Waals surface area contributed by atoms with Crippen molar-refractivity contribution in [3.63, 3.8) is 0 Å². The van der Waals surface area contributed by atoms with Crippen molar-refractivity contribution in [2.75, 3.05) is 5.75 Å². The fourth-order valence-electron chi connectivity index (χ4n) is 1.02. The van der Waals surface area contributed by atoms with Crippen molar-refractivity contribution < 1.29 is 9.00 Å². The minimum absolute atomic E-state index is 0.106. The SMILES string of the molecule is Cc1ccccc1S(=O)CC(N)=O. The molecule has 70 valence electrons. The fraction of sp³-hybridized carbons (Fsp3) is 0.222. The Kier molecular flexibility index (Phi) is 3.19.